The molecule has 0 spiro atoms. The van der Waals surface area contributed by atoms with Crippen LogP contribution < -0.4 is 5.73 Å². The van der Waals surface area contributed by atoms with Gasteiger partial charge in [0.1, 0.15) is 0 Å². The summed E-state index contributed by atoms with van der Waals surface area (Å²) in [6.07, 6.45) is 1.10. The van der Waals surface area contributed by atoms with Crippen molar-refractivity contribution in [3.63, 3.8) is 0 Å². The van der Waals surface area contributed by atoms with E-state index in [2.05, 4.69) is 0 Å². The Morgan fingerprint density at radius 2 is 2.12 bits per heavy atom. The smallest absolute Gasteiger partial charge is 0.475 e. The summed E-state index contributed by atoms with van der Waals surface area (Å²) >= 11 is 0. The maximum Gasteiger partial charge on any atom is 0.475 e. The van der Waals surface area contributed by atoms with E-state index in [1.54, 1.807) is 0 Å². The predicted octanol–water partition coefficient (Wildman–Crippen LogP) is -1.82. The Balaban J connectivity index is 2.53. The number of carbonyl (C=O) groups excluding carboxylic acids is 1. The molecule has 0 radical (unpaired) electrons. The van der Waals surface area contributed by atoms with Gasteiger partial charge in [-0.05, 0) is 19.3 Å². The van der Waals surface area contributed by atoms with Crippen molar-refractivity contribution in [3.05, 3.63) is 0 Å². The molecule has 7 nitrogen and oxygen atoms in total. The number of carbonyl (C=O) groups is 2. The van der Waals surface area contributed by atoms with Crippen molar-refractivity contribution < 1.29 is 24.7 Å². The van der Waals surface area contributed by atoms with Gasteiger partial charge in [0, 0.05) is 13.0 Å². The molecular formula is C9H17BN2O5. The third kappa shape index (κ3) is 3.69. The van der Waals surface area contributed by atoms with Gasteiger partial charge in [0.25, 0.3) is 0 Å². The molecule has 0 saturated carbocycles. The first-order valence-electron chi connectivity index (χ1n) is 5.57. The van der Waals surface area contributed by atoms with E-state index >= 15 is 0 Å². The monoisotopic (exact) mass is 244 g/mol. The molecule has 1 fully saturated rings. The highest BCUT2D eigenvalue weighted by molar-refractivity contribution is 6.43. The zero-order valence-electron chi connectivity index (χ0n) is 9.45. The molecule has 96 valence electrons. The normalized spacial score (nSPS) is 21.4. The van der Waals surface area contributed by atoms with Gasteiger partial charge in [-0.3, -0.25) is 9.59 Å². The average molecular weight is 244 g/mol. The molecule has 2 atom stereocenters. The summed E-state index contributed by atoms with van der Waals surface area (Å²) in [5.41, 5.74) is 5.59. The third-order valence-corrected chi connectivity index (χ3v) is 2.91. The second kappa shape index (κ2) is 5.99. The van der Waals surface area contributed by atoms with Gasteiger partial charge < -0.3 is 25.8 Å². The van der Waals surface area contributed by atoms with E-state index in [-0.39, 0.29) is 12.8 Å². The lowest BCUT2D eigenvalue weighted by atomic mass is 9.77. The zero-order valence-corrected chi connectivity index (χ0v) is 9.45. The van der Waals surface area contributed by atoms with Crippen LogP contribution in [0.2, 0.25) is 0 Å². The van der Waals surface area contributed by atoms with Gasteiger partial charge in [0.05, 0.1) is 12.0 Å². The lowest BCUT2D eigenvalue weighted by Crippen LogP contribution is -2.51. The van der Waals surface area contributed by atoms with Crippen LogP contribution in [0, 0.1) is 0 Å². The molecule has 0 aromatic rings. The van der Waals surface area contributed by atoms with Gasteiger partial charge in [-0.15, -0.1) is 0 Å². The molecule has 1 amide bonds. The van der Waals surface area contributed by atoms with Crippen molar-refractivity contribution in [1.29, 1.82) is 0 Å². The fourth-order valence-electron chi connectivity index (χ4n) is 1.99. The van der Waals surface area contributed by atoms with E-state index < -0.39 is 31.0 Å². The Bertz CT molecular complexity index is 299. The fourth-order valence-corrected chi connectivity index (χ4v) is 1.99. The lowest BCUT2D eigenvalue weighted by molar-refractivity contribution is -0.137. The molecule has 17 heavy (non-hydrogen) atoms. The predicted molar refractivity (Wildman–Crippen MR) is 59.8 cm³/mol. The Labute approximate surface area is 99.4 Å². The molecule has 1 unspecified atom stereocenters. The van der Waals surface area contributed by atoms with E-state index in [9.17, 15) is 9.59 Å². The Kier molecular flexibility index (Phi) is 4.92. The van der Waals surface area contributed by atoms with Crippen LogP contribution in [0.1, 0.15) is 25.7 Å². The minimum absolute atomic E-state index is 0.0545. The molecule has 1 saturated heterocycles. The quantitative estimate of drug-likeness (QED) is 0.422. The molecule has 5 N–H and O–H groups in total. The first kappa shape index (κ1) is 13.9. The van der Waals surface area contributed by atoms with E-state index in [1.807, 2.05) is 0 Å². The highest BCUT2D eigenvalue weighted by atomic mass is 16.4. The molecule has 0 aliphatic carbocycles. The molecule has 1 rings (SSSR count). The van der Waals surface area contributed by atoms with Crippen molar-refractivity contribution in [2.24, 2.45) is 5.73 Å². The Hall–Kier alpha value is -1.12. The van der Waals surface area contributed by atoms with Gasteiger partial charge in [0.2, 0.25) is 5.91 Å². The number of hydrogen-bond acceptors (Lipinski definition) is 5. The maximum absolute atomic E-state index is 11.9. The highest BCUT2D eigenvalue weighted by Gasteiger charge is 2.38. The number of nitrogens with two attached hydrogens (primary N) is 1. The third-order valence-electron chi connectivity index (χ3n) is 2.91. The Morgan fingerprint density at radius 1 is 1.47 bits per heavy atom. The first-order chi connectivity index (χ1) is 7.93. The largest absolute Gasteiger partial charge is 0.481 e. The number of aliphatic carboxylic acids is 1. The van der Waals surface area contributed by atoms with Crippen molar-refractivity contribution in [2.75, 3.05) is 6.54 Å². The Morgan fingerprint density at radius 3 is 2.65 bits per heavy atom. The van der Waals surface area contributed by atoms with Gasteiger partial charge >= 0.3 is 13.1 Å². The molecule has 1 heterocycles. The molecule has 1 aliphatic heterocycles. The summed E-state index contributed by atoms with van der Waals surface area (Å²) in [4.78, 5) is 23.5. The summed E-state index contributed by atoms with van der Waals surface area (Å²) in [7, 11) is -1.58. The molecule has 0 aromatic heterocycles. The molecule has 1 aliphatic rings. The first-order valence-corrected chi connectivity index (χ1v) is 5.57. The number of carboxylic acids is 1. The lowest BCUT2D eigenvalue weighted by Gasteiger charge is -2.26. The van der Waals surface area contributed by atoms with Gasteiger partial charge in [-0.2, -0.15) is 0 Å². The number of rotatable bonds is 5. The van der Waals surface area contributed by atoms with Crippen molar-refractivity contribution in [1.82, 2.24) is 4.90 Å². The summed E-state index contributed by atoms with van der Waals surface area (Å²) < 4.78 is 0. The molecule has 0 aromatic carbocycles. The van der Waals surface area contributed by atoms with Crippen LogP contribution in [-0.4, -0.2) is 57.6 Å². The van der Waals surface area contributed by atoms with Gasteiger partial charge in [0.15, 0.2) is 0 Å². The SMILES string of the molecule is NC(CCC(=O)O)C(=O)N1CCC[C@H]1B(O)O. The van der Waals surface area contributed by atoms with E-state index in [1.165, 1.54) is 4.90 Å². The van der Waals surface area contributed by atoms with Crippen LogP contribution in [0.25, 0.3) is 0 Å². The number of hydrogen-bond donors (Lipinski definition) is 4. The second-order valence-corrected chi connectivity index (χ2v) is 4.19. The summed E-state index contributed by atoms with van der Waals surface area (Å²) in [6, 6.07) is -0.898. The van der Waals surface area contributed by atoms with Crippen LogP contribution in [0.15, 0.2) is 0 Å². The molecule has 8 heteroatoms. The van der Waals surface area contributed by atoms with Crippen molar-refractivity contribution in [3.8, 4) is 0 Å². The van der Waals surface area contributed by atoms with Gasteiger partial charge in [-0.25, -0.2) is 0 Å². The van der Waals surface area contributed by atoms with Gasteiger partial charge in [-0.1, -0.05) is 0 Å². The highest BCUT2D eigenvalue weighted by Crippen LogP contribution is 2.19. The number of nitrogens with zero attached hydrogens (tertiary/aromatic N) is 1. The summed E-state index contributed by atoms with van der Waals surface area (Å²) in [5, 5.41) is 26.7. The number of amides is 1. The van der Waals surface area contributed by atoms with Crippen molar-refractivity contribution in [2.45, 2.75) is 37.7 Å². The van der Waals surface area contributed by atoms with E-state index in [0.717, 1.165) is 0 Å². The number of likely N-dealkylation sites (tertiary alicyclic amines) is 1. The van der Waals surface area contributed by atoms with Crippen molar-refractivity contribution >= 4 is 19.0 Å². The number of carboxylic acid groups (broad SMARTS) is 1. The standard InChI is InChI=1S/C9H17BN2O5/c11-6(3-4-8(13)14)9(15)12-5-1-2-7(12)10(16)17/h6-7,16-17H,1-5,11H2,(H,13,14)/t6?,7-/m0/s1. The van der Waals surface area contributed by atoms with Crippen LogP contribution in [-0.2, 0) is 9.59 Å². The van der Waals surface area contributed by atoms with Crippen LogP contribution >= 0.6 is 0 Å². The summed E-state index contributed by atoms with van der Waals surface area (Å²) in [5.74, 6) is -2.05. The summed E-state index contributed by atoms with van der Waals surface area (Å²) in [6.45, 7) is 0.432. The second-order valence-electron chi connectivity index (χ2n) is 4.19. The topological polar surface area (TPSA) is 124 Å². The van der Waals surface area contributed by atoms with E-state index in [4.69, 9.17) is 20.9 Å². The van der Waals surface area contributed by atoms with Crippen LogP contribution in [0.5, 0.6) is 0 Å². The van der Waals surface area contributed by atoms with Crippen LogP contribution in [0.3, 0.4) is 0 Å². The molecular weight excluding hydrogens is 227 g/mol. The fraction of sp³-hybridized carbons (Fsp3) is 0.778. The van der Waals surface area contributed by atoms with Crippen LogP contribution in [0.4, 0.5) is 0 Å². The maximum atomic E-state index is 11.9. The average Bonchev–Trinajstić information content (AvgIpc) is 2.73. The minimum Gasteiger partial charge on any atom is -0.481 e. The van der Waals surface area contributed by atoms with E-state index in [0.29, 0.717) is 19.4 Å². The minimum atomic E-state index is -1.58. The zero-order chi connectivity index (χ0) is 13.0. The molecule has 0 bridgehead atoms.